The van der Waals surface area contributed by atoms with Gasteiger partial charge >= 0.3 is 0 Å². The van der Waals surface area contributed by atoms with Crippen molar-refractivity contribution in [2.75, 3.05) is 13.6 Å². The van der Waals surface area contributed by atoms with Crippen LogP contribution >= 0.6 is 11.3 Å². The zero-order valence-corrected chi connectivity index (χ0v) is 12.4. The average Bonchev–Trinajstić information content (AvgIpc) is 3.01. The van der Waals surface area contributed by atoms with Gasteiger partial charge < -0.3 is 10.0 Å². The quantitative estimate of drug-likeness (QED) is 0.920. The zero-order valence-electron chi connectivity index (χ0n) is 11.6. The van der Waals surface area contributed by atoms with E-state index in [1.54, 1.807) is 41.6 Å². The fourth-order valence-electron chi connectivity index (χ4n) is 2.04. The molecule has 2 aromatic rings. The number of likely N-dealkylation sites (N-methyl/N-ethyl adjacent to an activating group) is 1. The third-order valence-electron chi connectivity index (χ3n) is 3.15. The molecule has 1 aromatic carbocycles. The molecule has 20 heavy (non-hydrogen) atoms. The summed E-state index contributed by atoms with van der Waals surface area (Å²) in [6.45, 7) is 2.56. The Balaban J connectivity index is 1.98. The number of carbonyl (C=O) groups excluding carboxylic acids is 1. The second kappa shape index (κ2) is 6.63. The summed E-state index contributed by atoms with van der Waals surface area (Å²) in [5.41, 5.74) is 0.617. The maximum atomic E-state index is 12.2. The lowest BCUT2D eigenvalue weighted by molar-refractivity contribution is -0.139. The minimum Gasteiger partial charge on any atom is -0.378 e. The minimum atomic E-state index is -1.11. The van der Waals surface area contributed by atoms with Gasteiger partial charge in [0.15, 0.2) is 6.10 Å². The van der Waals surface area contributed by atoms with E-state index in [4.69, 9.17) is 0 Å². The van der Waals surface area contributed by atoms with Gasteiger partial charge in [-0.2, -0.15) is 0 Å². The highest BCUT2D eigenvalue weighted by Gasteiger charge is 2.23. The van der Waals surface area contributed by atoms with Crippen molar-refractivity contribution in [3.05, 3.63) is 52.5 Å². The number of hydrogen-bond acceptors (Lipinski definition) is 4. The Hall–Kier alpha value is -1.72. The number of benzene rings is 1. The summed E-state index contributed by atoms with van der Waals surface area (Å²) in [6, 6.07) is 8.98. The Labute approximate surface area is 122 Å². The molecule has 4 nitrogen and oxygen atoms in total. The highest BCUT2D eigenvalue weighted by Crippen LogP contribution is 2.20. The van der Waals surface area contributed by atoms with E-state index in [1.807, 2.05) is 30.5 Å². The number of aromatic nitrogens is 1. The molecule has 0 spiro atoms. The van der Waals surface area contributed by atoms with Gasteiger partial charge in [0.25, 0.3) is 5.91 Å². The predicted molar refractivity (Wildman–Crippen MR) is 79.6 cm³/mol. The van der Waals surface area contributed by atoms with Crippen LogP contribution in [0.15, 0.2) is 41.9 Å². The number of hydrogen-bond donors (Lipinski definition) is 1. The lowest BCUT2D eigenvalue weighted by Crippen LogP contribution is -2.34. The number of amides is 1. The third kappa shape index (κ3) is 3.43. The molecule has 106 valence electrons. The smallest absolute Gasteiger partial charge is 0.255 e. The van der Waals surface area contributed by atoms with Crippen molar-refractivity contribution >= 4 is 17.2 Å². The summed E-state index contributed by atoms with van der Waals surface area (Å²) in [5, 5.41) is 13.0. The van der Waals surface area contributed by atoms with Gasteiger partial charge in [0.05, 0.1) is 5.01 Å². The van der Waals surface area contributed by atoms with Crippen LogP contribution in [0, 0.1) is 0 Å². The number of aliphatic hydroxyl groups excluding tert-OH is 1. The van der Waals surface area contributed by atoms with Crippen molar-refractivity contribution in [3.63, 3.8) is 0 Å². The molecule has 0 fully saturated rings. The molecule has 1 unspecified atom stereocenters. The van der Waals surface area contributed by atoms with Crippen molar-refractivity contribution < 1.29 is 9.90 Å². The van der Waals surface area contributed by atoms with E-state index in [1.165, 1.54) is 0 Å². The van der Waals surface area contributed by atoms with Crippen LogP contribution in [-0.2, 0) is 4.79 Å². The minimum absolute atomic E-state index is 0.159. The fourth-order valence-corrected chi connectivity index (χ4v) is 2.73. The Bertz CT molecular complexity index is 542. The van der Waals surface area contributed by atoms with E-state index in [-0.39, 0.29) is 11.8 Å². The van der Waals surface area contributed by atoms with Crippen molar-refractivity contribution in [2.45, 2.75) is 18.9 Å². The monoisotopic (exact) mass is 290 g/mol. The average molecular weight is 290 g/mol. The number of rotatable bonds is 5. The molecule has 0 aliphatic heterocycles. The molecule has 0 saturated carbocycles. The van der Waals surface area contributed by atoms with Crippen molar-refractivity contribution in [3.8, 4) is 0 Å². The third-order valence-corrected chi connectivity index (χ3v) is 4.15. The highest BCUT2D eigenvalue weighted by molar-refractivity contribution is 7.09. The van der Waals surface area contributed by atoms with Crippen LogP contribution < -0.4 is 0 Å². The lowest BCUT2D eigenvalue weighted by atomic mass is 10.1. The molecule has 0 bridgehead atoms. The SMILES string of the molecule is CC(CN(C)C(=O)[C@H](O)c1ccccc1)c1nccs1. The van der Waals surface area contributed by atoms with Crippen molar-refractivity contribution in [2.24, 2.45) is 0 Å². The van der Waals surface area contributed by atoms with Gasteiger partial charge in [-0.15, -0.1) is 11.3 Å². The van der Waals surface area contributed by atoms with Crippen LogP contribution in [-0.4, -0.2) is 34.5 Å². The van der Waals surface area contributed by atoms with Gasteiger partial charge in [0.1, 0.15) is 0 Å². The number of carbonyl (C=O) groups is 1. The zero-order chi connectivity index (χ0) is 14.5. The lowest BCUT2D eigenvalue weighted by Gasteiger charge is -2.23. The topological polar surface area (TPSA) is 53.4 Å². The number of thiazole rings is 1. The Morgan fingerprint density at radius 1 is 1.40 bits per heavy atom. The second-order valence-electron chi connectivity index (χ2n) is 4.80. The molecule has 0 aliphatic rings. The summed E-state index contributed by atoms with van der Waals surface area (Å²) in [5.74, 6) is -0.133. The number of aliphatic hydroxyl groups is 1. The molecule has 0 saturated heterocycles. The van der Waals surface area contributed by atoms with E-state index in [9.17, 15) is 9.90 Å². The first kappa shape index (κ1) is 14.7. The van der Waals surface area contributed by atoms with Crippen molar-refractivity contribution in [1.82, 2.24) is 9.88 Å². The number of nitrogens with zero attached hydrogens (tertiary/aromatic N) is 2. The molecule has 2 rings (SSSR count). The maximum Gasteiger partial charge on any atom is 0.255 e. The van der Waals surface area contributed by atoms with Gasteiger partial charge in [-0.25, -0.2) is 4.98 Å². The Morgan fingerprint density at radius 2 is 2.10 bits per heavy atom. The first-order chi connectivity index (χ1) is 9.59. The molecular formula is C15H18N2O2S. The van der Waals surface area contributed by atoms with Crippen LogP contribution in [0.1, 0.15) is 29.5 Å². The van der Waals surface area contributed by atoms with Gasteiger partial charge in [-0.3, -0.25) is 4.79 Å². The Morgan fingerprint density at radius 3 is 2.70 bits per heavy atom. The normalized spacial score (nSPS) is 13.8. The molecule has 0 aliphatic carbocycles. The predicted octanol–water partition coefficient (Wildman–Crippen LogP) is 2.44. The Kier molecular flexibility index (Phi) is 4.87. The molecule has 1 N–H and O–H groups in total. The molecule has 0 radical (unpaired) electrons. The first-order valence-corrected chi connectivity index (χ1v) is 7.35. The first-order valence-electron chi connectivity index (χ1n) is 6.47. The van der Waals surface area contributed by atoms with Crippen LogP contribution in [0.2, 0.25) is 0 Å². The summed E-state index contributed by atoms with van der Waals surface area (Å²) < 4.78 is 0. The molecule has 5 heteroatoms. The van der Waals surface area contributed by atoms with Gasteiger partial charge in [0.2, 0.25) is 0 Å². The van der Waals surface area contributed by atoms with E-state index in [2.05, 4.69) is 4.98 Å². The molecular weight excluding hydrogens is 272 g/mol. The second-order valence-corrected chi connectivity index (χ2v) is 5.73. The molecule has 1 amide bonds. The maximum absolute atomic E-state index is 12.2. The summed E-state index contributed by atoms with van der Waals surface area (Å²) >= 11 is 1.58. The van der Waals surface area contributed by atoms with Crippen molar-refractivity contribution in [1.29, 1.82) is 0 Å². The van der Waals surface area contributed by atoms with Gasteiger partial charge in [-0.05, 0) is 5.56 Å². The standard InChI is InChI=1S/C15H18N2O2S/c1-11(14-16-8-9-20-14)10-17(2)15(19)13(18)12-6-4-3-5-7-12/h3-9,11,13,18H,10H2,1-2H3/t11?,13-/m1/s1. The molecule has 1 heterocycles. The van der Waals surface area contributed by atoms with Gasteiger partial charge in [-0.1, -0.05) is 37.3 Å². The van der Waals surface area contributed by atoms with Gasteiger partial charge in [0, 0.05) is 31.1 Å². The highest BCUT2D eigenvalue weighted by atomic mass is 32.1. The summed E-state index contributed by atoms with van der Waals surface area (Å²) in [7, 11) is 1.71. The van der Waals surface area contributed by atoms with E-state index >= 15 is 0 Å². The molecule has 2 atom stereocenters. The van der Waals surface area contributed by atoms with Crippen LogP contribution in [0.5, 0.6) is 0 Å². The fraction of sp³-hybridized carbons (Fsp3) is 0.333. The van der Waals surface area contributed by atoms with Crippen LogP contribution in [0.3, 0.4) is 0 Å². The summed E-state index contributed by atoms with van der Waals surface area (Å²) in [6.07, 6.45) is 0.654. The largest absolute Gasteiger partial charge is 0.378 e. The van der Waals surface area contributed by atoms with E-state index < -0.39 is 6.10 Å². The summed E-state index contributed by atoms with van der Waals surface area (Å²) in [4.78, 5) is 18.0. The van der Waals surface area contributed by atoms with E-state index in [0.29, 0.717) is 12.1 Å². The van der Waals surface area contributed by atoms with Crippen LogP contribution in [0.4, 0.5) is 0 Å². The van der Waals surface area contributed by atoms with E-state index in [0.717, 1.165) is 5.01 Å². The molecule has 1 aromatic heterocycles. The van der Waals surface area contributed by atoms with Crippen LogP contribution in [0.25, 0.3) is 0 Å².